The number of aliphatic carboxylic acids is 4. The van der Waals surface area contributed by atoms with Gasteiger partial charge in [0, 0.05) is 23.9 Å². The molecule has 4 atom stereocenters. The molecule has 0 saturated heterocycles. The van der Waals surface area contributed by atoms with Crippen LogP contribution < -0.4 is 20.4 Å². The number of unbranched alkanes of at least 4 members (excludes halogenated alkanes) is 4. The summed E-state index contributed by atoms with van der Waals surface area (Å²) in [6, 6.07) is 0. The van der Waals surface area contributed by atoms with Crippen molar-refractivity contribution >= 4 is 23.9 Å². The molecule has 0 rings (SSSR count). The van der Waals surface area contributed by atoms with E-state index < -0.39 is 23.9 Å². The minimum Gasteiger partial charge on any atom is -0.550 e. The van der Waals surface area contributed by atoms with E-state index in [1.807, 2.05) is 27.7 Å². The second-order valence-corrected chi connectivity index (χ2v) is 10.3. The average molecular weight is 624 g/mol. The smallest absolute Gasteiger partial charge is 0.550 e. The molecular weight excluding hydrogens is 563 g/mol. The molecule has 0 aliphatic heterocycles. The van der Waals surface area contributed by atoms with E-state index in [2.05, 4.69) is 27.7 Å². The Hall–Kier alpha value is -1.54. The molecule has 41 heavy (non-hydrogen) atoms. The van der Waals surface area contributed by atoms with E-state index in [1.165, 1.54) is 0 Å². The van der Waals surface area contributed by atoms with Crippen molar-refractivity contribution in [3.8, 4) is 0 Å². The first-order valence-electron chi connectivity index (χ1n) is 15.7. The molecule has 0 fully saturated rings. The summed E-state index contributed by atoms with van der Waals surface area (Å²) < 4.78 is 0. The Morgan fingerprint density at radius 2 is 0.537 bits per heavy atom. The van der Waals surface area contributed by atoms with Gasteiger partial charge in [-0.3, -0.25) is 0 Å². The van der Waals surface area contributed by atoms with Crippen molar-refractivity contribution in [2.24, 2.45) is 23.7 Å². The van der Waals surface area contributed by atoms with Crippen LogP contribution in [0.25, 0.3) is 0 Å². The quantitative estimate of drug-likeness (QED) is 0.198. The van der Waals surface area contributed by atoms with Gasteiger partial charge in [0.25, 0.3) is 0 Å². The van der Waals surface area contributed by atoms with Crippen molar-refractivity contribution in [2.45, 2.75) is 158 Å². The van der Waals surface area contributed by atoms with Gasteiger partial charge in [0.2, 0.25) is 0 Å². The Bertz CT molecular complexity index is 509. The SMILES string of the molecule is CCCCC(CC)C(=O)[O-].CCCCC(CC)C(=O)[O-].CCCCC(CC)C(=O)[O-].CCCCC(CC)C(=O)[O-].[V+4]. The fourth-order valence-corrected chi connectivity index (χ4v) is 3.76. The van der Waals surface area contributed by atoms with Crippen molar-refractivity contribution in [2.75, 3.05) is 0 Å². The molecule has 0 heterocycles. The van der Waals surface area contributed by atoms with Gasteiger partial charge in [-0.2, -0.15) is 0 Å². The molecule has 9 heteroatoms. The molecule has 0 aliphatic carbocycles. The molecule has 4 unspecified atom stereocenters. The standard InChI is InChI=1S/4C8H16O2.V/c4*1-3-5-6-7(4-2)8(9)10;/h4*7H,3-6H2,1-2H3,(H,9,10);/q;;;;+4/p-4. The molecule has 0 aromatic carbocycles. The topological polar surface area (TPSA) is 161 Å². The Morgan fingerprint density at radius 3 is 0.610 bits per heavy atom. The number of hydrogen-bond donors (Lipinski definition) is 0. The van der Waals surface area contributed by atoms with Gasteiger partial charge in [-0.1, -0.05) is 107 Å². The maximum absolute atomic E-state index is 10.3. The molecule has 0 aliphatic rings. The summed E-state index contributed by atoms with van der Waals surface area (Å²) in [4.78, 5) is 41.3. The third kappa shape index (κ3) is 34.6. The predicted molar refractivity (Wildman–Crippen MR) is 153 cm³/mol. The van der Waals surface area contributed by atoms with E-state index in [-0.39, 0.29) is 42.2 Å². The average Bonchev–Trinajstić information content (AvgIpc) is 2.91. The van der Waals surface area contributed by atoms with Gasteiger partial charge in [0.1, 0.15) is 0 Å². The van der Waals surface area contributed by atoms with E-state index in [1.54, 1.807) is 0 Å². The molecule has 1 radical (unpaired) electrons. The van der Waals surface area contributed by atoms with Crippen molar-refractivity contribution in [3.05, 3.63) is 0 Å². The fourth-order valence-electron chi connectivity index (χ4n) is 3.76. The molecule has 0 saturated carbocycles. The van der Waals surface area contributed by atoms with Crippen LogP contribution in [0.2, 0.25) is 0 Å². The molecule has 0 aromatic rings. The van der Waals surface area contributed by atoms with Crippen LogP contribution in [0.15, 0.2) is 0 Å². The number of carbonyl (C=O) groups is 4. The van der Waals surface area contributed by atoms with Crippen LogP contribution in [0.5, 0.6) is 0 Å². The number of rotatable bonds is 20. The predicted octanol–water partition coefficient (Wildman–Crippen LogP) is 3.81. The summed E-state index contributed by atoms with van der Waals surface area (Å²) in [5.41, 5.74) is 0. The van der Waals surface area contributed by atoms with Crippen LogP contribution in [0.4, 0.5) is 0 Å². The summed E-state index contributed by atoms with van der Waals surface area (Å²) >= 11 is 0. The van der Waals surface area contributed by atoms with E-state index in [4.69, 9.17) is 0 Å². The summed E-state index contributed by atoms with van der Waals surface area (Å²) in [6.07, 6.45) is 14.1. The Morgan fingerprint density at radius 1 is 0.390 bits per heavy atom. The molecule has 0 spiro atoms. The van der Waals surface area contributed by atoms with Crippen LogP contribution in [0.3, 0.4) is 0 Å². The Balaban J connectivity index is -0.000000139. The monoisotopic (exact) mass is 623 g/mol. The van der Waals surface area contributed by atoms with Crippen molar-refractivity contribution in [3.63, 3.8) is 0 Å². The Kier molecular flexibility index (Phi) is 43.7. The van der Waals surface area contributed by atoms with Crippen LogP contribution in [-0.2, 0) is 37.7 Å². The molecular formula is C32H60O8V. The number of carboxylic acid groups (broad SMARTS) is 4. The van der Waals surface area contributed by atoms with Crippen LogP contribution >= 0.6 is 0 Å². The molecule has 0 N–H and O–H groups in total. The van der Waals surface area contributed by atoms with E-state index >= 15 is 0 Å². The van der Waals surface area contributed by atoms with Gasteiger partial charge < -0.3 is 39.6 Å². The molecule has 0 amide bonds. The maximum atomic E-state index is 10.3. The van der Waals surface area contributed by atoms with Gasteiger partial charge in [0.05, 0.1) is 0 Å². The normalized spacial score (nSPS) is 12.7. The molecule has 0 aromatic heterocycles. The van der Waals surface area contributed by atoms with Gasteiger partial charge >= 0.3 is 18.6 Å². The van der Waals surface area contributed by atoms with Crippen molar-refractivity contribution < 1.29 is 58.2 Å². The fraction of sp³-hybridized carbons (Fsp3) is 0.875. The summed E-state index contributed by atoms with van der Waals surface area (Å²) in [5, 5.41) is 41.3. The summed E-state index contributed by atoms with van der Waals surface area (Å²) in [5.74, 6) is -4.46. The Labute approximate surface area is 263 Å². The molecule has 8 nitrogen and oxygen atoms in total. The molecule has 0 bridgehead atoms. The first-order valence-corrected chi connectivity index (χ1v) is 15.7. The minimum absolute atomic E-state index is 0. The second kappa shape index (κ2) is 36.5. The summed E-state index contributed by atoms with van der Waals surface area (Å²) in [6.45, 7) is 15.8. The van der Waals surface area contributed by atoms with E-state index in [0.29, 0.717) is 25.7 Å². The number of hydrogen-bond acceptors (Lipinski definition) is 8. The zero-order valence-corrected chi connectivity index (χ0v) is 28.7. The van der Waals surface area contributed by atoms with Crippen LogP contribution in [0.1, 0.15) is 158 Å². The van der Waals surface area contributed by atoms with Crippen molar-refractivity contribution in [1.82, 2.24) is 0 Å². The van der Waals surface area contributed by atoms with Gasteiger partial charge in [0.15, 0.2) is 0 Å². The van der Waals surface area contributed by atoms with Crippen molar-refractivity contribution in [1.29, 1.82) is 0 Å². The zero-order valence-electron chi connectivity index (χ0n) is 27.3. The van der Waals surface area contributed by atoms with E-state index in [9.17, 15) is 39.6 Å². The first-order chi connectivity index (χ1) is 18.9. The minimum atomic E-state index is -0.893. The first kappa shape index (κ1) is 49.2. The number of carboxylic acids is 4. The van der Waals surface area contributed by atoms with Gasteiger partial charge in [-0.25, -0.2) is 0 Å². The molecule has 241 valence electrons. The largest absolute Gasteiger partial charge is 4.00 e. The van der Waals surface area contributed by atoms with Crippen LogP contribution in [0, 0.1) is 23.7 Å². The number of carbonyl (C=O) groups excluding carboxylic acids is 4. The van der Waals surface area contributed by atoms with Gasteiger partial charge in [-0.15, -0.1) is 0 Å². The van der Waals surface area contributed by atoms with Crippen LogP contribution in [-0.4, -0.2) is 23.9 Å². The maximum Gasteiger partial charge on any atom is 4.00 e. The summed E-state index contributed by atoms with van der Waals surface area (Å²) in [7, 11) is 0. The zero-order chi connectivity index (χ0) is 31.9. The third-order valence-corrected chi connectivity index (χ3v) is 6.93. The van der Waals surface area contributed by atoms with Gasteiger partial charge in [-0.05, 0) is 75.0 Å². The third-order valence-electron chi connectivity index (χ3n) is 6.93. The van der Waals surface area contributed by atoms with E-state index in [0.717, 1.165) is 77.0 Å². The second-order valence-electron chi connectivity index (χ2n) is 10.3.